The summed E-state index contributed by atoms with van der Waals surface area (Å²) in [5.74, 6) is -0.541. The summed E-state index contributed by atoms with van der Waals surface area (Å²) in [5, 5.41) is 26.8. The lowest BCUT2D eigenvalue weighted by molar-refractivity contribution is -0.147. The normalized spacial score (nSPS) is 20.4. The number of carboxylic acids is 1. The fraction of sp³-hybridized carbons (Fsp3) is 0.737. The van der Waals surface area contributed by atoms with Crippen LogP contribution in [0.2, 0.25) is 0 Å². The second kappa shape index (κ2) is 12.3. The molecule has 190 valence electrons. The molecule has 0 aliphatic carbocycles. The van der Waals surface area contributed by atoms with Gasteiger partial charge in [0.15, 0.2) is 0 Å². The molecule has 1 aromatic heterocycles. The molecule has 3 rings (SSSR count). The van der Waals surface area contributed by atoms with Gasteiger partial charge in [0.25, 0.3) is 0 Å². The van der Waals surface area contributed by atoms with E-state index in [0.717, 1.165) is 44.9 Å². The zero-order valence-corrected chi connectivity index (χ0v) is 21.3. The molecule has 1 saturated heterocycles. The summed E-state index contributed by atoms with van der Waals surface area (Å²) in [7, 11) is -3.35. The van der Waals surface area contributed by atoms with Crippen LogP contribution < -0.4 is 10.9 Å². The maximum Gasteiger partial charge on any atom is 0.352 e. The first-order valence-corrected chi connectivity index (χ1v) is 15.0. The Labute approximate surface area is 207 Å². The van der Waals surface area contributed by atoms with Crippen LogP contribution in [0.5, 0.6) is 0 Å². The predicted octanol–water partition coefficient (Wildman–Crippen LogP) is 0.756. The van der Waals surface area contributed by atoms with Gasteiger partial charge in [-0.25, -0.2) is 23.0 Å². The van der Waals surface area contributed by atoms with Gasteiger partial charge >= 0.3 is 5.97 Å². The lowest BCUT2D eigenvalue weighted by Crippen LogP contribution is -2.68. The van der Waals surface area contributed by atoms with Crippen molar-refractivity contribution in [2.24, 2.45) is 10.9 Å². The smallest absolute Gasteiger partial charge is 0.352 e. The first-order chi connectivity index (χ1) is 16.2. The van der Waals surface area contributed by atoms with Crippen molar-refractivity contribution in [2.75, 3.05) is 17.3 Å². The number of thioether (sulfide) groups is 2. The Hall–Kier alpha value is -1.68. The second-order valence-corrected chi connectivity index (χ2v) is 12.1. The van der Waals surface area contributed by atoms with Crippen LogP contribution >= 0.6 is 23.5 Å². The number of aromatic nitrogens is 4. The number of rotatable bonds is 15. The third-order valence-corrected chi connectivity index (χ3v) is 8.98. The molecule has 0 saturated carbocycles. The van der Waals surface area contributed by atoms with Gasteiger partial charge in [-0.05, 0) is 28.8 Å². The molecule has 0 spiro atoms. The number of hydrogen-bond acceptors (Lipinski definition) is 10. The van der Waals surface area contributed by atoms with Crippen LogP contribution in [0.15, 0.2) is 16.4 Å². The summed E-state index contributed by atoms with van der Waals surface area (Å²) < 4.78 is 23.5. The number of primary sulfonamides is 1. The number of fused-ring (bicyclic) bond motifs is 1. The van der Waals surface area contributed by atoms with Gasteiger partial charge in [0.05, 0.1) is 5.75 Å². The van der Waals surface area contributed by atoms with E-state index < -0.39 is 22.0 Å². The summed E-state index contributed by atoms with van der Waals surface area (Å²) in [6, 6.07) is -0.643. The molecule has 5 N–H and O–H groups in total. The molecule has 2 aliphatic heterocycles. The van der Waals surface area contributed by atoms with Crippen LogP contribution in [-0.4, -0.2) is 79.2 Å². The van der Waals surface area contributed by atoms with Gasteiger partial charge in [-0.15, -0.1) is 16.9 Å². The van der Waals surface area contributed by atoms with E-state index in [-0.39, 0.29) is 22.7 Å². The largest absolute Gasteiger partial charge is 0.477 e. The minimum absolute atomic E-state index is 0.0339. The Balaban J connectivity index is 1.37. The molecule has 34 heavy (non-hydrogen) atoms. The third kappa shape index (κ3) is 7.16. The number of tetrazole rings is 1. The summed E-state index contributed by atoms with van der Waals surface area (Å²) in [6.07, 6.45) is 7.70. The quantitative estimate of drug-likeness (QED) is 0.164. The van der Waals surface area contributed by atoms with Crippen molar-refractivity contribution < 1.29 is 23.1 Å². The third-order valence-electron chi connectivity index (χ3n) is 5.71. The van der Waals surface area contributed by atoms with E-state index in [4.69, 9.17) is 10.9 Å². The van der Waals surface area contributed by atoms with E-state index >= 15 is 0 Å². The number of amides is 1. The Bertz CT molecular complexity index is 1010. The molecule has 0 aromatic carbocycles. The number of unbranched alkanes of at least 4 members (excludes halogenated alkanes) is 7. The van der Waals surface area contributed by atoms with E-state index in [1.807, 2.05) is 0 Å². The summed E-state index contributed by atoms with van der Waals surface area (Å²) >= 11 is 2.84. The number of carbonyl (C=O) groups is 2. The lowest BCUT2D eigenvalue weighted by Gasteiger charge is -2.48. The van der Waals surface area contributed by atoms with Crippen LogP contribution in [0.4, 0.5) is 0 Å². The lowest BCUT2D eigenvalue weighted by atomic mass is 10.0. The predicted molar refractivity (Wildman–Crippen MR) is 129 cm³/mol. The van der Waals surface area contributed by atoms with Crippen molar-refractivity contribution in [3.63, 3.8) is 0 Å². The van der Waals surface area contributed by atoms with Gasteiger partial charge in [0.1, 0.15) is 17.1 Å². The molecule has 1 aromatic rings. The van der Waals surface area contributed by atoms with Crippen molar-refractivity contribution in [3.8, 4) is 0 Å². The Morgan fingerprint density at radius 1 is 1.15 bits per heavy atom. The van der Waals surface area contributed by atoms with E-state index in [1.54, 1.807) is 4.68 Å². The van der Waals surface area contributed by atoms with Crippen molar-refractivity contribution in [1.29, 1.82) is 0 Å². The molecule has 15 heteroatoms. The first-order valence-electron chi connectivity index (χ1n) is 11.2. The topological polar surface area (TPSA) is 187 Å². The number of nitrogens with zero attached hydrogens (tertiary/aromatic N) is 5. The maximum atomic E-state index is 12.1. The minimum Gasteiger partial charge on any atom is -0.477 e. The van der Waals surface area contributed by atoms with Crippen molar-refractivity contribution >= 4 is 45.4 Å². The number of carboxylic acid groups (broad SMARTS) is 1. The highest BCUT2D eigenvalue weighted by atomic mass is 32.2. The highest BCUT2D eigenvalue weighted by Crippen LogP contribution is 2.40. The van der Waals surface area contributed by atoms with E-state index in [2.05, 4.69) is 15.5 Å². The number of carbonyl (C=O) groups excluding carboxylic acids is 1. The number of aryl methyl sites for hydroxylation is 1. The number of sulfonamides is 1. The van der Waals surface area contributed by atoms with Gasteiger partial charge in [-0.3, -0.25) is 9.69 Å². The first kappa shape index (κ1) is 26.9. The van der Waals surface area contributed by atoms with Crippen LogP contribution in [0.25, 0.3) is 0 Å². The standard InChI is InChI=1S/C19H31N7O5S3/c20-14-16(27)26-15(18(28)29)13(11-32-17(14)26)12-33-19-22-23-24-25(19)9-7-5-3-1-2-4-6-8-10-34(21,30)31/h14,17H,1-12,20H2,(H,28,29)(H2,21,30,31). The van der Waals surface area contributed by atoms with Gasteiger partial charge < -0.3 is 10.8 Å². The Kier molecular flexibility index (Phi) is 9.76. The van der Waals surface area contributed by atoms with Crippen LogP contribution in [0.3, 0.4) is 0 Å². The van der Waals surface area contributed by atoms with Gasteiger partial charge in [-0.2, -0.15) is 0 Å². The number of β-lactam (4-membered cyclic amide) rings is 1. The van der Waals surface area contributed by atoms with Gasteiger partial charge in [0.2, 0.25) is 21.1 Å². The molecule has 2 atom stereocenters. The summed E-state index contributed by atoms with van der Waals surface area (Å²) in [5.41, 5.74) is 6.49. The average Bonchev–Trinajstić information content (AvgIpc) is 3.24. The van der Waals surface area contributed by atoms with E-state index in [1.165, 1.54) is 28.4 Å². The van der Waals surface area contributed by atoms with Crippen molar-refractivity contribution in [2.45, 2.75) is 74.5 Å². The fourth-order valence-corrected chi connectivity index (χ4v) is 6.85. The molecule has 12 nitrogen and oxygen atoms in total. The molecule has 3 heterocycles. The van der Waals surface area contributed by atoms with E-state index in [9.17, 15) is 23.1 Å². The molecule has 2 unspecified atom stereocenters. The molecule has 2 aliphatic rings. The molecule has 0 bridgehead atoms. The van der Waals surface area contributed by atoms with Crippen LogP contribution in [0.1, 0.15) is 51.4 Å². The monoisotopic (exact) mass is 533 g/mol. The highest BCUT2D eigenvalue weighted by molar-refractivity contribution is 8.01. The van der Waals surface area contributed by atoms with Crippen molar-refractivity contribution in [1.82, 2.24) is 25.1 Å². The number of aliphatic carboxylic acids is 1. The zero-order chi connectivity index (χ0) is 24.7. The highest BCUT2D eigenvalue weighted by Gasteiger charge is 2.51. The van der Waals surface area contributed by atoms with Gasteiger partial charge in [0, 0.05) is 18.1 Å². The summed E-state index contributed by atoms with van der Waals surface area (Å²) in [4.78, 5) is 25.1. The van der Waals surface area contributed by atoms with Crippen LogP contribution in [0, 0.1) is 0 Å². The molecule has 1 fully saturated rings. The molecular formula is C19H31N7O5S3. The number of nitrogens with two attached hydrogens (primary N) is 2. The summed E-state index contributed by atoms with van der Waals surface area (Å²) in [6.45, 7) is 0.671. The fourth-order valence-electron chi connectivity index (χ4n) is 3.91. The molecular weight excluding hydrogens is 502 g/mol. The maximum absolute atomic E-state index is 12.1. The van der Waals surface area contributed by atoms with Crippen LogP contribution in [-0.2, 0) is 26.2 Å². The SMILES string of the molecule is NC1C(=O)N2C(C(=O)O)=C(CSc3nnnn3CCCCCCCCCCS(N)(=O)=O)CSC12. The van der Waals surface area contributed by atoms with E-state index in [0.29, 0.717) is 35.2 Å². The molecule has 1 amide bonds. The zero-order valence-electron chi connectivity index (χ0n) is 18.8. The Morgan fingerprint density at radius 2 is 1.79 bits per heavy atom. The van der Waals surface area contributed by atoms with Crippen molar-refractivity contribution in [3.05, 3.63) is 11.3 Å². The number of hydrogen-bond donors (Lipinski definition) is 3. The molecule has 0 radical (unpaired) electrons. The Morgan fingerprint density at radius 3 is 2.44 bits per heavy atom. The van der Waals surface area contributed by atoms with Gasteiger partial charge in [-0.1, -0.05) is 50.3 Å². The minimum atomic E-state index is -3.35. The average molecular weight is 534 g/mol. The second-order valence-electron chi connectivity index (χ2n) is 8.36.